The number of carbonyl (C=O) groups excluding carboxylic acids is 1. The van der Waals surface area contributed by atoms with Crippen LogP contribution < -0.4 is 4.74 Å². The SMILES string of the molecule is CCOC(=O)c1[nH]c2c(Br)c(C)ccc2c1CCCOc1cccc2ccccc12. The first-order chi connectivity index (χ1) is 14.6. The van der Waals surface area contributed by atoms with Crippen molar-refractivity contribution >= 4 is 43.6 Å². The fourth-order valence-corrected chi connectivity index (χ4v) is 4.22. The van der Waals surface area contributed by atoms with Gasteiger partial charge in [0, 0.05) is 15.2 Å². The van der Waals surface area contributed by atoms with Gasteiger partial charge in [-0.2, -0.15) is 0 Å². The highest BCUT2D eigenvalue weighted by Gasteiger charge is 2.20. The van der Waals surface area contributed by atoms with E-state index in [1.807, 2.05) is 38.1 Å². The molecule has 4 rings (SSSR count). The van der Waals surface area contributed by atoms with E-state index in [0.29, 0.717) is 25.3 Å². The minimum Gasteiger partial charge on any atom is -0.493 e. The van der Waals surface area contributed by atoms with Crippen molar-refractivity contribution in [3.05, 3.63) is 75.9 Å². The van der Waals surface area contributed by atoms with Crippen LogP contribution in [0.3, 0.4) is 0 Å². The van der Waals surface area contributed by atoms with Crippen molar-refractivity contribution in [1.29, 1.82) is 0 Å². The van der Waals surface area contributed by atoms with E-state index in [1.165, 1.54) is 0 Å². The molecule has 0 saturated heterocycles. The molecule has 0 radical (unpaired) electrons. The molecule has 0 bridgehead atoms. The number of ether oxygens (including phenoxy) is 2. The van der Waals surface area contributed by atoms with Crippen LogP contribution in [0, 0.1) is 6.92 Å². The Bertz CT molecular complexity index is 1210. The number of H-pyrrole nitrogens is 1. The summed E-state index contributed by atoms with van der Waals surface area (Å²) in [6, 6.07) is 18.4. The molecule has 1 N–H and O–H groups in total. The number of nitrogens with one attached hydrogen (secondary N) is 1. The third-order valence-electron chi connectivity index (χ3n) is 5.27. The zero-order valence-electron chi connectivity index (χ0n) is 17.1. The number of aromatic nitrogens is 1. The third-order valence-corrected chi connectivity index (χ3v) is 6.29. The molecule has 1 aromatic heterocycles. The molecule has 154 valence electrons. The highest BCUT2D eigenvalue weighted by atomic mass is 79.9. The lowest BCUT2D eigenvalue weighted by atomic mass is 10.0. The Balaban J connectivity index is 1.55. The number of hydrogen-bond donors (Lipinski definition) is 1. The summed E-state index contributed by atoms with van der Waals surface area (Å²) in [7, 11) is 0. The number of rotatable bonds is 7. The molecule has 0 aliphatic carbocycles. The van der Waals surface area contributed by atoms with Crippen LogP contribution in [0.5, 0.6) is 5.75 Å². The molecule has 0 aliphatic heterocycles. The van der Waals surface area contributed by atoms with Crippen LogP contribution in [-0.2, 0) is 11.2 Å². The largest absolute Gasteiger partial charge is 0.493 e. The quantitative estimate of drug-likeness (QED) is 0.247. The van der Waals surface area contributed by atoms with Gasteiger partial charge in [-0.05, 0) is 65.2 Å². The molecule has 0 aliphatic rings. The highest BCUT2D eigenvalue weighted by molar-refractivity contribution is 9.10. The van der Waals surface area contributed by atoms with Crippen molar-refractivity contribution in [2.45, 2.75) is 26.7 Å². The summed E-state index contributed by atoms with van der Waals surface area (Å²) < 4.78 is 12.3. The highest BCUT2D eigenvalue weighted by Crippen LogP contribution is 2.32. The summed E-state index contributed by atoms with van der Waals surface area (Å²) in [5.74, 6) is 0.569. The van der Waals surface area contributed by atoms with Gasteiger partial charge in [-0.3, -0.25) is 0 Å². The maximum absolute atomic E-state index is 12.5. The first kappa shape index (κ1) is 20.5. The van der Waals surface area contributed by atoms with Crippen molar-refractivity contribution in [3.8, 4) is 5.75 Å². The molecule has 5 heteroatoms. The number of aromatic amines is 1. The Labute approximate surface area is 184 Å². The minimum absolute atomic E-state index is 0.316. The van der Waals surface area contributed by atoms with Crippen LogP contribution in [0.2, 0.25) is 0 Å². The van der Waals surface area contributed by atoms with Crippen LogP contribution in [0.15, 0.2) is 59.1 Å². The molecule has 0 unspecified atom stereocenters. The topological polar surface area (TPSA) is 51.3 Å². The summed E-state index contributed by atoms with van der Waals surface area (Å²) in [4.78, 5) is 15.8. The lowest BCUT2D eigenvalue weighted by molar-refractivity contribution is 0.0519. The van der Waals surface area contributed by atoms with Gasteiger partial charge in [-0.1, -0.05) is 48.5 Å². The molecule has 1 heterocycles. The van der Waals surface area contributed by atoms with Gasteiger partial charge < -0.3 is 14.5 Å². The van der Waals surface area contributed by atoms with E-state index < -0.39 is 0 Å². The number of aryl methyl sites for hydroxylation is 2. The Morgan fingerprint density at radius 2 is 1.83 bits per heavy atom. The Morgan fingerprint density at radius 1 is 1.03 bits per heavy atom. The summed E-state index contributed by atoms with van der Waals surface area (Å²) in [6.07, 6.45) is 1.50. The summed E-state index contributed by atoms with van der Waals surface area (Å²) in [5, 5.41) is 3.32. The summed E-state index contributed by atoms with van der Waals surface area (Å²) in [6.45, 7) is 4.76. The molecule has 0 saturated carbocycles. The van der Waals surface area contributed by atoms with Crippen molar-refractivity contribution in [1.82, 2.24) is 4.98 Å². The molecule has 0 fully saturated rings. The number of esters is 1. The molecule has 4 nitrogen and oxygen atoms in total. The van der Waals surface area contributed by atoms with E-state index in [2.05, 4.69) is 51.2 Å². The average Bonchev–Trinajstić information content (AvgIpc) is 3.13. The second-order valence-electron chi connectivity index (χ2n) is 7.25. The summed E-state index contributed by atoms with van der Waals surface area (Å²) in [5.41, 5.74) is 3.56. The Morgan fingerprint density at radius 3 is 2.67 bits per heavy atom. The van der Waals surface area contributed by atoms with Crippen molar-refractivity contribution < 1.29 is 14.3 Å². The van der Waals surface area contributed by atoms with Gasteiger partial charge >= 0.3 is 5.97 Å². The zero-order valence-corrected chi connectivity index (χ0v) is 18.7. The monoisotopic (exact) mass is 465 g/mol. The van der Waals surface area contributed by atoms with Crippen LogP contribution in [-0.4, -0.2) is 24.2 Å². The second kappa shape index (κ2) is 8.92. The van der Waals surface area contributed by atoms with E-state index in [0.717, 1.165) is 49.4 Å². The van der Waals surface area contributed by atoms with Crippen LogP contribution in [0.25, 0.3) is 21.7 Å². The second-order valence-corrected chi connectivity index (χ2v) is 8.04. The fourth-order valence-electron chi connectivity index (χ4n) is 3.78. The van der Waals surface area contributed by atoms with Gasteiger partial charge in [0.1, 0.15) is 11.4 Å². The first-order valence-corrected chi connectivity index (χ1v) is 11.0. The number of benzene rings is 3. The summed E-state index contributed by atoms with van der Waals surface area (Å²) >= 11 is 3.64. The van der Waals surface area contributed by atoms with Gasteiger partial charge in [0.2, 0.25) is 0 Å². The van der Waals surface area contributed by atoms with E-state index >= 15 is 0 Å². The number of hydrogen-bond acceptors (Lipinski definition) is 3. The smallest absolute Gasteiger partial charge is 0.355 e. The predicted molar refractivity (Wildman–Crippen MR) is 124 cm³/mol. The number of fused-ring (bicyclic) bond motifs is 2. The molecule has 0 amide bonds. The van der Waals surface area contributed by atoms with E-state index in [9.17, 15) is 4.79 Å². The van der Waals surface area contributed by atoms with Crippen molar-refractivity contribution in [3.63, 3.8) is 0 Å². The van der Waals surface area contributed by atoms with Gasteiger partial charge in [0.25, 0.3) is 0 Å². The molecular weight excluding hydrogens is 442 g/mol. The van der Waals surface area contributed by atoms with Gasteiger partial charge in [-0.25, -0.2) is 4.79 Å². The van der Waals surface area contributed by atoms with E-state index in [4.69, 9.17) is 9.47 Å². The Kier molecular flexibility index (Phi) is 6.09. The van der Waals surface area contributed by atoms with E-state index in [1.54, 1.807) is 0 Å². The fraction of sp³-hybridized carbons (Fsp3) is 0.240. The van der Waals surface area contributed by atoms with Gasteiger partial charge in [0.05, 0.1) is 18.7 Å². The van der Waals surface area contributed by atoms with Crippen LogP contribution >= 0.6 is 15.9 Å². The Hall–Kier alpha value is -2.79. The maximum Gasteiger partial charge on any atom is 0.355 e. The average molecular weight is 466 g/mol. The standard InChI is InChI=1S/C25H24BrNO3/c1-3-29-25(28)24-19(20-14-13-16(2)22(26)23(20)27-24)11-7-15-30-21-12-6-9-17-8-4-5-10-18(17)21/h4-6,8-10,12-14,27H,3,7,11,15H2,1-2H3. The molecule has 30 heavy (non-hydrogen) atoms. The minimum atomic E-state index is -0.316. The predicted octanol–water partition coefficient (Wildman–Crippen LogP) is 6.58. The van der Waals surface area contributed by atoms with E-state index in [-0.39, 0.29) is 5.97 Å². The number of carbonyl (C=O) groups is 1. The molecule has 0 atom stereocenters. The lowest BCUT2D eigenvalue weighted by Gasteiger charge is -2.10. The third kappa shape index (κ3) is 3.94. The molecule has 3 aromatic carbocycles. The zero-order chi connectivity index (χ0) is 21.1. The maximum atomic E-state index is 12.5. The van der Waals surface area contributed by atoms with Gasteiger partial charge in [-0.15, -0.1) is 0 Å². The van der Waals surface area contributed by atoms with Crippen LogP contribution in [0.4, 0.5) is 0 Å². The van der Waals surface area contributed by atoms with Gasteiger partial charge in [0.15, 0.2) is 0 Å². The normalized spacial score (nSPS) is 11.2. The van der Waals surface area contributed by atoms with Crippen LogP contribution in [0.1, 0.15) is 35.0 Å². The molecular formula is C25H24BrNO3. The first-order valence-electron chi connectivity index (χ1n) is 10.2. The molecule has 0 spiro atoms. The number of halogens is 1. The van der Waals surface area contributed by atoms with Crippen molar-refractivity contribution in [2.24, 2.45) is 0 Å². The lowest BCUT2D eigenvalue weighted by Crippen LogP contribution is -2.09. The van der Waals surface area contributed by atoms with Crippen molar-refractivity contribution in [2.75, 3.05) is 13.2 Å². The molecule has 4 aromatic rings.